The van der Waals surface area contributed by atoms with Gasteiger partial charge in [-0.3, -0.25) is 0 Å². The molecule has 3 heteroatoms. The van der Waals surface area contributed by atoms with Gasteiger partial charge >= 0.3 is 0 Å². The molecule has 1 saturated heterocycles. The lowest BCUT2D eigenvalue weighted by Gasteiger charge is -2.33. The molecule has 1 N–H and O–H groups in total. The highest BCUT2D eigenvalue weighted by Gasteiger charge is 2.36. The van der Waals surface area contributed by atoms with Crippen molar-refractivity contribution in [3.05, 3.63) is 35.4 Å². The Balaban J connectivity index is 1.78. The maximum atomic E-state index is 4.60. The predicted octanol–water partition coefficient (Wildman–Crippen LogP) is 3.33. The highest BCUT2D eigenvalue weighted by Crippen LogP contribution is 2.33. The van der Waals surface area contributed by atoms with Crippen molar-refractivity contribution in [3.63, 3.8) is 0 Å². The fraction of sp³-hybridized carbons (Fsp3) is 0.611. The number of benzene rings is 1. The molecule has 114 valence electrons. The van der Waals surface area contributed by atoms with Crippen LogP contribution in [0, 0.1) is 5.92 Å². The molecule has 0 aliphatic carbocycles. The van der Waals surface area contributed by atoms with Crippen LogP contribution in [0.4, 0.5) is 0 Å². The Morgan fingerprint density at radius 2 is 1.95 bits per heavy atom. The molecule has 2 aliphatic rings. The third kappa shape index (κ3) is 2.84. The first kappa shape index (κ1) is 14.6. The first-order chi connectivity index (χ1) is 9.99. The third-order valence-corrected chi connectivity index (χ3v) is 4.90. The Morgan fingerprint density at radius 3 is 2.57 bits per heavy atom. The van der Waals surface area contributed by atoms with E-state index in [-0.39, 0.29) is 5.41 Å². The van der Waals surface area contributed by atoms with Crippen LogP contribution in [0.1, 0.15) is 51.3 Å². The van der Waals surface area contributed by atoms with Gasteiger partial charge in [-0.25, -0.2) is 0 Å². The summed E-state index contributed by atoms with van der Waals surface area (Å²) in [6.45, 7) is 12.5. The summed E-state index contributed by atoms with van der Waals surface area (Å²) in [4.78, 5) is 2.53. The molecule has 3 nitrogen and oxygen atoms in total. The van der Waals surface area contributed by atoms with Crippen LogP contribution in [-0.4, -0.2) is 30.2 Å². The van der Waals surface area contributed by atoms with Gasteiger partial charge in [-0.15, -0.1) is 0 Å². The molecule has 0 aromatic heterocycles. The lowest BCUT2D eigenvalue weighted by Crippen LogP contribution is -2.41. The molecule has 2 heterocycles. The second-order valence-corrected chi connectivity index (χ2v) is 7.33. The van der Waals surface area contributed by atoms with Gasteiger partial charge in [0.15, 0.2) is 0 Å². The lowest BCUT2D eigenvalue weighted by molar-refractivity contribution is 0.238. The molecular weight excluding hydrogens is 258 g/mol. The molecule has 0 amide bonds. The Labute approximate surface area is 128 Å². The number of nitrogens with zero attached hydrogens (tertiary/aromatic N) is 2. The maximum Gasteiger partial charge on any atom is 0.0782 e. The summed E-state index contributed by atoms with van der Waals surface area (Å²) in [5.74, 6) is 0.541. The van der Waals surface area contributed by atoms with Crippen LogP contribution in [-0.2, 0) is 5.41 Å². The van der Waals surface area contributed by atoms with Crippen molar-refractivity contribution in [3.8, 4) is 0 Å². The van der Waals surface area contributed by atoms with Gasteiger partial charge in [0, 0.05) is 31.1 Å². The van der Waals surface area contributed by atoms with E-state index in [9.17, 15) is 0 Å². The lowest BCUT2D eigenvalue weighted by atomic mass is 9.83. The van der Waals surface area contributed by atoms with Crippen LogP contribution in [0.2, 0.25) is 0 Å². The Kier molecular flexibility index (Phi) is 3.78. The van der Waals surface area contributed by atoms with Crippen LogP contribution in [0.5, 0.6) is 0 Å². The Bertz CT molecular complexity index is 524. The van der Waals surface area contributed by atoms with Crippen molar-refractivity contribution < 1.29 is 0 Å². The van der Waals surface area contributed by atoms with Crippen molar-refractivity contribution in [2.24, 2.45) is 11.0 Å². The first-order valence-electron chi connectivity index (χ1n) is 8.14. The largest absolute Gasteiger partial charge is 0.302 e. The molecule has 0 bridgehead atoms. The average Bonchev–Trinajstić information content (AvgIpc) is 2.89. The second-order valence-electron chi connectivity index (χ2n) is 7.33. The monoisotopic (exact) mass is 285 g/mol. The summed E-state index contributed by atoms with van der Waals surface area (Å²) in [6.07, 6.45) is 1.11. The SMILES string of the molecule is CCN1CCC2=NNC(c3ccc(C(C)(C)C)cc3)C2C1. The number of hydrogen-bond acceptors (Lipinski definition) is 3. The zero-order chi connectivity index (χ0) is 15.0. The van der Waals surface area contributed by atoms with E-state index in [4.69, 9.17) is 0 Å². The zero-order valence-electron chi connectivity index (χ0n) is 13.7. The molecule has 0 spiro atoms. The molecule has 2 atom stereocenters. The van der Waals surface area contributed by atoms with Gasteiger partial charge < -0.3 is 10.3 Å². The number of nitrogens with one attached hydrogen (secondary N) is 1. The number of likely N-dealkylation sites (tertiary alicyclic amines) is 1. The van der Waals surface area contributed by atoms with E-state index < -0.39 is 0 Å². The number of rotatable bonds is 2. The van der Waals surface area contributed by atoms with E-state index in [0.717, 1.165) is 26.1 Å². The molecule has 3 rings (SSSR count). The quantitative estimate of drug-likeness (QED) is 0.902. The molecule has 0 radical (unpaired) electrons. The number of piperidine rings is 1. The molecular formula is C18H27N3. The van der Waals surface area contributed by atoms with Gasteiger partial charge in [0.2, 0.25) is 0 Å². The van der Waals surface area contributed by atoms with E-state index >= 15 is 0 Å². The third-order valence-electron chi connectivity index (χ3n) is 4.90. The summed E-state index contributed by atoms with van der Waals surface area (Å²) >= 11 is 0. The van der Waals surface area contributed by atoms with Crippen LogP contribution in [0.15, 0.2) is 29.4 Å². The molecule has 1 fully saturated rings. The van der Waals surface area contributed by atoms with Gasteiger partial charge in [-0.1, -0.05) is 52.0 Å². The number of hydrogen-bond donors (Lipinski definition) is 1. The van der Waals surface area contributed by atoms with Crippen LogP contribution in [0.25, 0.3) is 0 Å². The molecule has 0 saturated carbocycles. The summed E-state index contributed by atoms with van der Waals surface area (Å²) < 4.78 is 0. The van der Waals surface area contributed by atoms with E-state index in [1.165, 1.54) is 16.8 Å². The van der Waals surface area contributed by atoms with E-state index in [2.05, 4.69) is 67.4 Å². The van der Waals surface area contributed by atoms with Crippen molar-refractivity contribution in [2.45, 2.75) is 45.6 Å². The Hall–Kier alpha value is -1.35. The minimum Gasteiger partial charge on any atom is -0.302 e. The summed E-state index contributed by atoms with van der Waals surface area (Å²) in [5.41, 5.74) is 7.72. The maximum absolute atomic E-state index is 4.60. The topological polar surface area (TPSA) is 27.6 Å². The van der Waals surface area contributed by atoms with Gasteiger partial charge in [-0.2, -0.15) is 5.10 Å². The first-order valence-corrected chi connectivity index (χ1v) is 8.14. The highest BCUT2D eigenvalue weighted by atomic mass is 15.4. The summed E-state index contributed by atoms with van der Waals surface area (Å²) in [7, 11) is 0. The van der Waals surface area contributed by atoms with Crippen LogP contribution >= 0.6 is 0 Å². The predicted molar refractivity (Wildman–Crippen MR) is 88.7 cm³/mol. The molecule has 21 heavy (non-hydrogen) atoms. The summed E-state index contributed by atoms with van der Waals surface area (Å²) in [6, 6.07) is 9.46. The Morgan fingerprint density at radius 1 is 1.24 bits per heavy atom. The van der Waals surface area contributed by atoms with E-state index in [1.54, 1.807) is 0 Å². The zero-order valence-corrected chi connectivity index (χ0v) is 13.7. The van der Waals surface area contributed by atoms with Gasteiger partial charge in [0.1, 0.15) is 0 Å². The van der Waals surface area contributed by atoms with Crippen molar-refractivity contribution in [1.82, 2.24) is 10.3 Å². The van der Waals surface area contributed by atoms with Crippen LogP contribution < -0.4 is 5.43 Å². The van der Waals surface area contributed by atoms with Gasteiger partial charge in [0.25, 0.3) is 0 Å². The number of fused-ring (bicyclic) bond motifs is 1. The average molecular weight is 285 g/mol. The fourth-order valence-electron chi connectivity index (χ4n) is 3.40. The normalized spacial score (nSPS) is 26.2. The van der Waals surface area contributed by atoms with Gasteiger partial charge in [0.05, 0.1) is 6.04 Å². The molecule has 1 aromatic rings. The standard InChI is InChI=1S/C18H27N3/c1-5-21-11-10-16-15(12-21)17(20-19-16)13-6-8-14(9-7-13)18(2,3)4/h6-9,15,17,20H,5,10-12H2,1-4H3. The molecule has 2 aliphatic heterocycles. The fourth-order valence-corrected chi connectivity index (χ4v) is 3.40. The smallest absolute Gasteiger partial charge is 0.0782 e. The van der Waals surface area contributed by atoms with Crippen LogP contribution in [0.3, 0.4) is 0 Å². The summed E-state index contributed by atoms with van der Waals surface area (Å²) in [5, 5.41) is 4.60. The van der Waals surface area contributed by atoms with E-state index in [1.807, 2.05) is 0 Å². The minimum atomic E-state index is 0.215. The molecule has 2 unspecified atom stereocenters. The molecule has 1 aromatic carbocycles. The second kappa shape index (κ2) is 5.45. The van der Waals surface area contributed by atoms with E-state index in [0.29, 0.717) is 12.0 Å². The van der Waals surface area contributed by atoms with Crippen molar-refractivity contribution in [1.29, 1.82) is 0 Å². The minimum absolute atomic E-state index is 0.215. The number of hydrazone groups is 1. The highest BCUT2D eigenvalue weighted by molar-refractivity contribution is 5.89. The van der Waals surface area contributed by atoms with Crippen molar-refractivity contribution in [2.75, 3.05) is 19.6 Å². The van der Waals surface area contributed by atoms with Gasteiger partial charge in [-0.05, 0) is 23.1 Å². The van der Waals surface area contributed by atoms with Crippen molar-refractivity contribution >= 4 is 5.71 Å².